The van der Waals surface area contributed by atoms with Gasteiger partial charge in [0.1, 0.15) is 12.2 Å². The van der Waals surface area contributed by atoms with E-state index in [0.29, 0.717) is 5.57 Å². The number of carbonyl (C=O) groups excluding carboxylic acids is 4. The van der Waals surface area contributed by atoms with Crippen molar-refractivity contribution in [2.45, 2.75) is 116 Å². The van der Waals surface area contributed by atoms with Gasteiger partial charge in [-0.15, -0.1) is 0 Å². The third-order valence-electron chi connectivity index (χ3n) is 12.3. The molecule has 3 aliphatic carbocycles. The van der Waals surface area contributed by atoms with Crippen LogP contribution in [0.25, 0.3) is 0 Å². The van der Waals surface area contributed by atoms with E-state index >= 15 is 0 Å². The average Bonchev–Trinajstić information content (AvgIpc) is 3.25. The molecular weight excluding hydrogens is 616 g/mol. The van der Waals surface area contributed by atoms with Crippen molar-refractivity contribution >= 4 is 29.7 Å². The van der Waals surface area contributed by atoms with Gasteiger partial charge in [-0.2, -0.15) is 0 Å². The first kappa shape index (κ1) is 35.4. The maximum absolute atomic E-state index is 13.7. The van der Waals surface area contributed by atoms with E-state index in [1.165, 1.54) is 6.08 Å². The summed E-state index contributed by atoms with van der Waals surface area (Å²) in [5.41, 5.74) is -3.46. The number of rotatable bonds is 10. The number of esters is 3. The zero-order chi connectivity index (χ0) is 35.0. The summed E-state index contributed by atoms with van der Waals surface area (Å²) < 4.78 is 23.8. The monoisotopic (exact) mass is 664 g/mol. The molecule has 0 aromatic heterocycles. The van der Waals surface area contributed by atoms with Crippen LogP contribution >= 0.6 is 0 Å². The smallest absolute Gasteiger partial charge is 0.348 e. The molecule has 4 N–H and O–H groups in total. The molecule has 0 aromatic carbocycles. The van der Waals surface area contributed by atoms with Gasteiger partial charge in [-0.05, 0) is 49.5 Å². The van der Waals surface area contributed by atoms with Crippen molar-refractivity contribution in [1.82, 2.24) is 0 Å². The van der Waals surface area contributed by atoms with Crippen LogP contribution in [-0.4, -0.2) is 92.5 Å². The number of allylic oxidation sites excluding steroid dienone is 1. The summed E-state index contributed by atoms with van der Waals surface area (Å²) in [5, 5.41) is 44.3. The molecule has 2 heterocycles. The Hall–Kier alpha value is -2.87. The minimum absolute atomic E-state index is 0.00335. The Morgan fingerprint density at radius 3 is 2.32 bits per heavy atom. The number of hydrogen-bond acceptors (Lipinski definition) is 12. The van der Waals surface area contributed by atoms with E-state index in [9.17, 15) is 39.3 Å². The molecule has 2 aliphatic heterocycles. The SMILES string of the molecule is CC1=CC(=O)[C@@H](OC(=O)CCCC(=O)O)[C@]2(C)C3[C@]45CO[C@]3(O)[C@H](O)[C@H](C)C4C(OC(=O)CC(O)(C(C)C)C(C)C)C(=O)O[C@@H]5C[C@@H]12. The standard InChI is InChI=1S/C34H48O13/c1-15(2)33(42,16(3)4)13-24(39)46-26-25-18(6)27(40)34(43)30-31(7)19(12-21(45-29(26)41)32(25,30)14-44-34)17(5)11-20(35)28(31)47-23(38)10-8-9-22(36)37/h11,15-16,18-19,21,25-28,30,40,42-43H,8-10,12-14H2,1-7H3,(H,36,37)/t18-,19+,21-,25?,26?,27-,28-,30?,31-,32+,34-/m1/s1. The molecule has 2 saturated carbocycles. The maximum atomic E-state index is 13.7. The van der Waals surface area contributed by atoms with Gasteiger partial charge in [-0.3, -0.25) is 19.2 Å². The highest BCUT2D eigenvalue weighted by Gasteiger charge is 2.84. The molecule has 11 atom stereocenters. The summed E-state index contributed by atoms with van der Waals surface area (Å²) in [6, 6.07) is 0. The number of carboxylic acids is 1. The van der Waals surface area contributed by atoms with Crippen LogP contribution < -0.4 is 0 Å². The summed E-state index contributed by atoms with van der Waals surface area (Å²) in [6.07, 6.45) is -4.79. The zero-order valence-electron chi connectivity index (χ0n) is 28.1. The second-order valence-electron chi connectivity index (χ2n) is 15.3. The van der Waals surface area contributed by atoms with Crippen molar-refractivity contribution < 1.29 is 63.3 Å². The number of fused-ring (bicyclic) bond motifs is 1. The van der Waals surface area contributed by atoms with Gasteiger partial charge in [0.2, 0.25) is 6.10 Å². The van der Waals surface area contributed by atoms with Gasteiger partial charge in [0.05, 0.1) is 18.6 Å². The van der Waals surface area contributed by atoms with Crippen LogP contribution in [0.3, 0.4) is 0 Å². The molecular formula is C34H48O13. The molecule has 2 saturated heterocycles. The summed E-state index contributed by atoms with van der Waals surface area (Å²) in [7, 11) is 0. The van der Waals surface area contributed by atoms with Gasteiger partial charge in [0, 0.05) is 35.5 Å². The van der Waals surface area contributed by atoms with Gasteiger partial charge in [0.25, 0.3) is 0 Å². The molecule has 4 fully saturated rings. The lowest BCUT2D eigenvalue weighted by molar-refractivity contribution is -0.340. The summed E-state index contributed by atoms with van der Waals surface area (Å²) in [6.45, 7) is 12.0. The van der Waals surface area contributed by atoms with Crippen molar-refractivity contribution in [3.8, 4) is 0 Å². The zero-order valence-corrected chi connectivity index (χ0v) is 28.1. The summed E-state index contributed by atoms with van der Waals surface area (Å²) in [5.74, 6) is -10.4. The molecule has 5 aliphatic rings. The van der Waals surface area contributed by atoms with E-state index in [1.54, 1.807) is 48.5 Å². The maximum Gasteiger partial charge on any atom is 0.348 e. The highest BCUT2D eigenvalue weighted by atomic mass is 16.7. The summed E-state index contributed by atoms with van der Waals surface area (Å²) in [4.78, 5) is 64.9. The van der Waals surface area contributed by atoms with Crippen LogP contribution in [0.1, 0.15) is 80.6 Å². The lowest BCUT2D eigenvalue weighted by Crippen LogP contribution is -2.78. The Labute approximate surface area is 274 Å². The second kappa shape index (κ2) is 11.9. The number of carboxylic acid groups (broad SMARTS) is 1. The van der Waals surface area contributed by atoms with E-state index in [0.717, 1.165) is 0 Å². The number of carbonyl (C=O) groups is 5. The van der Waals surface area contributed by atoms with Crippen LogP contribution in [0.2, 0.25) is 0 Å². The minimum Gasteiger partial charge on any atom is -0.481 e. The molecule has 5 rings (SSSR count). The fourth-order valence-corrected chi connectivity index (χ4v) is 9.96. The first-order valence-electron chi connectivity index (χ1n) is 16.6. The quantitative estimate of drug-likeness (QED) is 0.195. The van der Waals surface area contributed by atoms with Crippen LogP contribution in [0.4, 0.5) is 0 Å². The van der Waals surface area contributed by atoms with Crippen LogP contribution in [-0.2, 0) is 42.9 Å². The average molecular weight is 665 g/mol. The molecule has 3 unspecified atom stereocenters. The molecule has 0 aromatic rings. The van der Waals surface area contributed by atoms with Crippen LogP contribution in [0.5, 0.6) is 0 Å². The molecule has 47 heavy (non-hydrogen) atoms. The van der Waals surface area contributed by atoms with Crippen molar-refractivity contribution in [1.29, 1.82) is 0 Å². The summed E-state index contributed by atoms with van der Waals surface area (Å²) >= 11 is 0. The van der Waals surface area contributed by atoms with Crippen molar-refractivity contribution in [2.75, 3.05) is 6.61 Å². The van der Waals surface area contributed by atoms with Gasteiger partial charge < -0.3 is 39.4 Å². The number of aliphatic hydroxyl groups excluding tert-OH is 1. The Morgan fingerprint density at radius 2 is 1.72 bits per heavy atom. The molecule has 0 radical (unpaired) electrons. The molecule has 262 valence electrons. The Kier molecular flexibility index (Phi) is 8.99. The minimum atomic E-state index is -2.25. The second-order valence-corrected chi connectivity index (χ2v) is 15.3. The fourth-order valence-electron chi connectivity index (χ4n) is 9.96. The molecule has 13 heteroatoms. The first-order valence-corrected chi connectivity index (χ1v) is 16.6. The number of hydrogen-bond donors (Lipinski definition) is 4. The topological polar surface area (TPSA) is 203 Å². The highest BCUT2D eigenvalue weighted by molar-refractivity contribution is 5.97. The number of ketones is 1. The van der Waals surface area contributed by atoms with Crippen molar-refractivity contribution in [3.05, 3.63) is 11.6 Å². The van der Waals surface area contributed by atoms with Gasteiger partial charge in [-0.1, -0.05) is 47.1 Å². The molecule has 1 spiro atoms. The Balaban J connectivity index is 1.57. The number of ether oxygens (including phenoxy) is 4. The van der Waals surface area contributed by atoms with E-state index in [2.05, 4.69) is 0 Å². The van der Waals surface area contributed by atoms with E-state index < -0.39 is 106 Å². The third-order valence-corrected chi connectivity index (χ3v) is 12.3. The first-order chi connectivity index (χ1) is 21.8. The van der Waals surface area contributed by atoms with E-state index in [4.69, 9.17) is 24.1 Å². The van der Waals surface area contributed by atoms with E-state index in [-0.39, 0.29) is 44.1 Å². The fraction of sp³-hybridized carbons (Fsp3) is 0.794. The molecule has 0 amide bonds. The lowest BCUT2D eigenvalue weighted by Gasteiger charge is -2.68. The van der Waals surface area contributed by atoms with Crippen LogP contribution in [0.15, 0.2) is 11.6 Å². The highest BCUT2D eigenvalue weighted by Crippen LogP contribution is 2.74. The van der Waals surface area contributed by atoms with Crippen molar-refractivity contribution in [2.24, 2.45) is 46.3 Å². The lowest BCUT2D eigenvalue weighted by atomic mass is 9.38. The Morgan fingerprint density at radius 1 is 1.09 bits per heavy atom. The predicted octanol–water partition coefficient (Wildman–Crippen LogP) is 1.93. The van der Waals surface area contributed by atoms with Gasteiger partial charge in [-0.25, -0.2) is 4.79 Å². The number of aliphatic carboxylic acids is 1. The van der Waals surface area contributed by atoms with Crippen LogP contribution in [0, 0.1) is 46.3 Å². The van der Waals surface area contributed by atoms with Gasteiger partial charge >= 0.3 is 23.9 Å². The molecule has 2 bridgehead atoms. The predicted molar refractivity (Wildman–Crippen MR) is 161 cm³/mol. The molecule has 13 nitrogen and oxygen atoms in total. The van der Waals surface area contributed by atoms with Gasteiger partial charge in [0.15, 0.2) is 17.7 Å². The Bertz CT molecular complexity index is 1360. The largest absolute Gasteiger partial charge is 0.481 e. The normalized spacial score (nSPS) is 40.7. The number of aliphatic hydroxyl groups is 3. The van der Waals surface area contributed by atoms with Crippen molar-refractivity contribution in [3.63, 3.8) is 0 Å². The third kappa shape index (κ3) is 5.14. The van der Waals surface area contributed by atoms with E-state index in [1.807, 2.05) is 0 Å².